The van der Waals surface area contributed by atoms with E-state index in [2.05, 4.69) is 26.0 Å². The molecule has 2 aromatic heterocycles. The zero-order valence-electron chi connectivity index (χ0n) is 19.6. The van der Waals surface area contributed by atoms with Crippen LogP contribution < -0.4 is 5.56 Å². The SMILES string of the molecule is CC(C)[C@@H]1Cc2c(sc3nc(SCc4ccc(Cl)c(Cl)c4)n(CCc4ccccc4)c(=O)c23)CO1. The maximum Gasteiger partial charge on any atom is 0.263 e. The summed E-state index contributed by atoms with van der Waals surface area (Å²) in [4.78, 5) is 20.9. The number of thiophene rings is 1. The Morgan fingerprint density at radius 3 is 2.69 bits per heavy atom. The third-order valence-electron chi connectivity index (χ3n) is 6.36. The molecule has 0 amide bonds. The molecule has 0 spiro atoms. The van der Waals surface area contributed by atoms with Crippen molar-refractivity contribution >= 4 is 56.5 Å². The summed E-state index contributed by atoms with van der Waals surface area (Å²) in [5.74, 6) is 1.04. The first-order chi connectivity index (χ1) is 16.9. The molecule has 4 aromatic rings. The molecular formula is C27H26Cl2N2O2S2. The summed E-state index contributed by atoms with van der Waals surface area (Å²) in [6.07, 6.45) is 1.65. The van der Waals surface area contributed by atoms with Crippen molar-refractivity contribution in [3.05, 3.63) is 90.5 Å². The van der Waals surface area contributed by atoms with Crippen LogP contribution in [-0.4, -0.2) is 15.7 Å². The zero-order chi connectivity index (χ0) is 24.5. The fraction of sp³-hybridized carbons (Fsp3) is 0.333. The van der Waals surface area contributed by atoms with Gasteiger partial charge >= 0.3 is 0 Å². The van der Waals surface area contributed by atoms with Gasteiger partial charge in [-0.25, -0.2) is 4.98 Å². The molecule has 0 bridgehead atoms. The molecule has 3 heterocycles. The van der Waals surface area contributed by atoms with E-state index in [1.807, 2.05) is 34.9 Å². The minimum absolute atomic E-state index is 0.0458. The summed E-state index contributed by atoms with van der Waals surface area (Å²) < 4.78 is 7.92. The summed E-state index contributed by atoms with van der Waals surface area (Å²) in [5, 5.41) is 2.56. The number of halogens is 2. The maximum atomic E-state index is 13.9. The lowest BCUT2D eigenvalue weighted by molar-refractivity contribution is 0.00200. The van der Waals surface area contributed by atoms with Gasteiger partial charge in [0, 0.05) is 23.6 Å². The molecule has 1 aliphatic rings. The van der Waals surface area contributed by atoms with Gasteiger partial charge in [-0.2, -0.15) is 0 Å². The molecule has 0 N–H and O–H groups in total. The van der Waals surface area contributed by atoms with Crippen molar-refractivity contribution in [1.29, 1.82) is 0 Å². The normalized spacial score (nSPS) is 15.6. The van der Waals surface area contributed by atoms with Gasteiger partial charge < -0.3 is 4.74 Å². The summed E-state index contributed by atoms with van der Waals surface area (Å²) in [5.41, 5.74) is 3.40. The van der Waals surface area contributed by atoms with Gasteiger partial charge in [-0.1, -0.05) is 85.2 Å². The van der Waals surface area contributed by atoms with Gasteiger partial charge in [0.05, 0.1) is 28.1 Å². The van der Waals surface area contributed by atoms with Gasteiger partial charge in [-0.3, -0.25) is 9.36 Å². The van der Waals surface area contributed by atoms with Gasteiger partial charge in [0.25, 0.3) is 5.56 Å². The molecule has 0 unspecified atom stereocenters. The highest BCUT2D eigenvalue weighted by Gasteiger charge is 2.28. The molecule has 0 fully saturated rings. The van der Waals surface area contributed by atoms with Crippen LogP contribution in [0.2, 0.25) is 10.0 Å². The summed E-state index contributed by atoms with van der Waals surface area (Å²) in [7, 11) is 0. The van der Waals surface area contributed by atoms with Crippen LogP contribution in [0.3, 0.4) is 0 Å². The van der Waals surface area contributed by atoms with E-state index in [0.717, 1.165) is 44.2 Å². The Balaban J connectivity index is 1.53. The number of rotatable bonds is 7. The fourth-order valence-electron chi connectivity index (χ4n) is 4.34. The summed E-state index contributed by atoms with van der Waals surface area (Å²) in [6, 6.07) is 15.9. The molecule has 0 saturated carbocycles. The van der Waals surface area contributed by atoms with Gasteiger partial charge in [0.15, 0.2) is 5.16 Å². The van der Waals surface area contributed by atoms with Crippen LogP contribution in [-0.2, 0) is 36.5 Å². The first kappa shape index (κ1) is 24.8. The molecule has 1 aliphatic heterocycles. The third kappa shape index (κ3) is 5.32. The number of hydrogen-bond donors (Lipinski definition) is 0. The van der Waals surface area contributed by atoms with Gasteiger partial charge in [0.1, 0.15) is 4.83 Å². The van der Waals surface area contributed by atoms with Crippen LogP contribution in [0.25, 0.3) is 10.2 Å². The Labute approximate surface area is 223 Å². The smallest absolute Gasteiger partial charge is 0.263 e. The van der Waals surface area contributed by atoms with Crippen molar-refractivity contribution in [1.82, 2.24) is 9.55 Å². The topological polar surface area (TPSA) is 44.1 Å². The first-order valence-electron chi connectivity index (χ1n) is 11.7. The van der Waals surface area contributed by atoms with Crippen LogP contribution in [0.1, 0.15) is 35.4 Å². The van der Waals surface area contributed by atoms with Crippen molar-refractivity contribution in [2.45, 2.75) is 56.9 Å². The molecule has 0 aliphatic carbocycles. The Morgan fingerprint density at radius 2 is 1.94 bits per heavy atom. The number of hydrogen-bond acceptors (Lipinski definition) is 5. The van der Waals surface area contributed by atoms with Crippen molar-refractivity contribution < 1.29 is 4.74 Å². The van der Waals surface area contributed by atoms with Crippen LogP contribution in [0.4, 0.5) is 0 Å². The molecule has 5 rings (SSSR count). The number of nitrogens with zero attached hydrogens (tertiary/aromatic N) is 2. The Morgan fingerprint density at radius 1 is 1.14 bits per heavy atom. The predicted octanol–water partition coefficient (Wildman–Crippen LogP) is 7.40. The van der Waals surface area contributed by atoms with Crippen molar-refractivity contribution in [2.24, 2.45) is 5.92 Å². The standard InChI is InChI=1S/C27H26Cl2N2O2S2/c1-16(2)22-13-19-23(14-33-22)35-25-24(19)26(32)31(11-10-17-6-4-3-5-7-17)27(30-25)34-15-18-8-9-20(28)21(29)12-18/h3-9,12,16,22H,10-11,13-15H2,1-2H3/t22-/m0/s1. The highest BCUT2D eigenvalue weighted by Crippen LogP contribution is 2.36. The van der Waals surface area contributed by atoms with E-state index in [4.69, 9.17) is 32.9 Å². The molecule has 0 radical (unpaired) electrons. The summed E-state index contributed by atoms with van der Waals surface area (Å²) in [6.45, 7) is 5.45. The van der Waals surface area contributed by atoms with Crippen LogP contribution in [0.5, 0.6) is 0 Å². The van der Waals surface area contributed by atoms with E-state index in [9.17, 15) is 4.79 Å². The largest absolute Gasteiger partial charge is 0.372 e. The lowest BCUT2D eigenvalue weighted by atomic mass is 9.96. The number of aromatic nitrogens is 2. The maximum absolute atomic E-state index is 13.9. The second-order valence-electron chi connectivity index (χ2n) is 9.11. The second kappa shape index (κ2) is 10.7. The molecule has 8 heteroatoms. The lowest BCUT2D eigenvalue weighted by Gasteiger charge is -2.26. The van der Waals surface area contributed by atoms with E-state index >= 15 is 0 Å². The van der Waals surface area contributed by atoms with Crippen LogP contribution >= 0.6 is 46.3 Å². The molecule has 0 saturated heterocycles. The van der Waals surface area contributed by atoms with Crippen molar-refractivity contribution in [3.8, 4) is 0 Å². The monoisotopic (exact) mass is 544 g/mol. The summed E-state index contributed by atoms with van der Waals surface area (Å²) >= 11 is 15.4. The number of ether oxygens (including phenoxy) is 1. The third-order valence-corrected chi connectivity index (χ3v) is 9.24. The van der Waals surface area contributed by atoms with Crippen molar-refractivity contribution in [2.75, 3.05) is 0 Å². The molecule has 4 nitrogen and oxygen atoms in total. The quantitative estimate of drug-likeness (QED) is 0.179. The highest BCUT2D eigenvalue weighted by atomic mass is 35.5. The minimum Gasteiger partial charge on any atom is -0.372 e. The van der Waals surface area contributed by atoms with E-state index in [0.29, 0.717) is 34.9 Å². The first-order valence-corrected chi connectivity index (χ1v) is 14.2. The van der Waals surface area contributed by atoms with E-state index in [1.165, 1.54) is 5.56 Å². The zero-order valence-corrected chi connectivity index (χ0v) is 22.7. The van der Waals surface area contributed by atoms with E-state index in [1.54, 1.807) is 29.2 Å². The Hall–Kier alpha value is -1.83. The van der Waals surface area contributed by atoms with Gasteiger partial charge in [-0.05, 0) is 41.2 Å². The van der Waals surface area contributed by atoms with Crippen LogP contribution in [0.15, 0.2) is 58.5 Å². The highest BCUT2D eigenvalue weighted by molar-refractivity contribution is 7.98. The Bertz CT molecular complexity index is 1420. The van der Waals surface area contributed by atoms with Gasteiger partial charge in [0.2, 0.25) is 0 Å². The average Bonchev–Trinajstić information content (AvgIpc) is 3.22. The molecule has 182 valence electrons. The predicted molar refractivity (Wildman–Crippen MR) is 147 cm³/mol. The second-order valence-corrected chi connectivity index (χ2v) is 11.9. The number of fused-ring (bicyclic) bond motifs is 3. The molecule has 2 aromatic carbocycles. The minimum atomic E-state index is 0.0458. The average molecular weight is 546 g/mol. The number of benzene rings is 2. The van der Waals surface area contributed by atoms with Crippen LogP contribution in [0, 0.1) is 5.92 Å². The van der Waals surface area contributed by atoms with Crippen molar-refractivity contribution in [3.63, 3.8) is 0 Å². The van der Waals surface area contributed by atoms with E-state index in [-0.39, 0.29) is 11.7 Å². The number of thioether (sulfide) groups is 1. The molecule has 35 heavy (non-hydrogen) atoms. The molecular weight excluding hydrogens is 519 g/mol. The fourth-order valence-corrected chi connectivity index (χ4v) is 6.79. The molecule has 1 atom stereocenters. The lowest BCUT2D eigenvalue weighted by Crippen LogP contribution is -2.29. The van der Waals surface area contributed by atoms with E-state index < -0.39 is 0 Å². The van der Waals surface area contributed by atoms with Gasteiger partial charge in [-0.15, -0.1) is 11.3 Å². The number of aryl methyl sites for hydroxylation is 1. The Kier molecular flexibility index (Phi) is 7.56.